The van der Waals surface area contributed by atoms with E-state index in [1.54, 1.807) is 6.08 Å². The SMILES string of the molecule is CC/C=C\C/C=C\C/C=C\C/C=C\C/C=C\C/C=C\C/C=C\CCCC(=O)NC(COC1OC(CO)C(OC2OC(CO)C(O)C(O)C2O)C(O)C1O)C(O)/C=C/CC/C=C/CCCCCCCCCCCCCCCCC. The third kappa shape index (κ3) is 33.4. The van der Waals surface area contributed by atoms with Crippen LogP contribution in [0.1, 0.15) is 194 Å². The minimum Gasteiger partial charge on any atom is -0.394 e. The molecule has 2 fully saturated rings. The molecule has 0 bridgehead atoms. The van der Waals surface area contributed by atoms with Crippen molar-refractivity contribution in [3.8, 4) is 0 Å². The van der Waals surface area contributed by atoms with Crippen LogP contribution in [-0.2, 0) is 23.7 Å². The van der Waals surface area contributed by atoms with Crippen LogP contribution in [0.15, 0.2) is 109 Å². The fraction of sp³-hybridized carbons (Fsp3) is 0.703. The zero-order chi connectivity index (χ0) is 56.7. The molecule has 2 saturated heterocycles. The van der Waals surface area contributed by atoms with Crippen LogP contribution in [0.2, 0.25) is 0 Å². The largest absolute Gasteiger partial charge is 0.394 e. The van der Waals surface area contributed by atoms with E-state index in [2.05, 4.69) is 110 Å². The summed E-state index contributed by atoms with van der Waals surface area (Å²) in [5, 5.41) is 87.1. The number of rotatable bonds is 46. The number of carbonyl (C=O) groups is 1. The molecule has 446 valence electrons. The van der Waals surface area contributed by atoms with Crippen LogP contribution in [-0.4, -0.2) is 140 Å². The van der Waals surface area contributed by atoms with Gasteiger partial charge in [0, 0.05) is 6.42 Å². The molecule has 14 nitrogen and oxygen atoms in total. The van der Waals surface area contributed by atoms with Crippen molar-refractivity contribution in [2.75, 3.05) is 19.8 Å². The first-order chi connectivity index (χ1) is 38.1. The summed E-state index contributed by atoms with van der Waals surface area (Å²) in [5.74, 6) is -0.311. The van der Waals surface area contributed by atoms with E-state index in [-0.39, 0.29) is 18.9 Å². The molecule has 1 amide bonds. The molecule has 2 aliphatic heterocycles. The van der Waals surface area contributed by atoms with Crippen molar-refractivity contribution < 1.29 is 64.6 Å². The molecule has 9 N–H and O–H groups in total. The Bertz CT molecular complexity index is 1720. The van der Waals surface area contributed by atoms with E-state index in [0.717, 1.165) is 57.8 Å². The van der Waals surface area contributed by atoms with Gasteiger partial charge in [0.25, 0.3) is 0 Å². The monoisotopic (exact) mass is 1100 g/mol. The van der Waals surface area contributed by atoms with Crippen molar-refractivity contribution in [1.29, 1.82) is 0 Å². The Morgan fingerprint density at radius 2 is 0.897 bits per heavy atom. The van der Waals surface area contributed by atoms with Crippen LogP contribution in [0, 0.1) is 0 Å². The molecule has 14 heteroatoms. The van der Waals surface area contributed by atoms with Gasteiger partial charge in [-0.1, -0.05) is 213 Å². The van der Waals surface area contributed by atoms with E-state index >= 15 is 0 Å². The second-order valence-electron chi connectivity index (χ2n) is 20.7. The Morgan fingerprint density at radius 3 is 1.41 bits per heavy atom. The molecule has 2 rings (SSSR count). The highest BCUT2D eigenvalue weighted by Gasteiger charge is 2.51. The Balaban J connectivity index is 1.82. The molecule has 78 heavy (non-hydrogen) atoms. The minimum atomic E-state index is -1.80. The van der Waals surface area contributed by atoms with Gasteiger partial charge in [-0.3, -0.25) is 4.79 Å². The predicted octanol–water partition coefficient (Wildman–Crippen LogP) is 10.4. The molecular formula is C64H107NO13. The highest BCUT2D eigenvalue weighted by atomic mass is 16.7. The minimum absolute atomic E-state index is 0.187. The van der Waals surface area contributed by atoms with Gasteiger partial charge in [-0.25, -0.2) is 0 Å². The van der Waals surface area contributed by atoms with Crippen molar-refractivity contribution in [3.63, 3.8) is 0 Å². The van der Waals surface area contributed by atoms with Gasteiger partial charge >= 0.3 is 0 Å². The lowest BCUT2D eigenvalue weighted by molar-refractivity contribution is -0.359. The average molecular weight is 1100 g/mol. The predicted molar refractivity (Wildman–Crippen MR) is 313 cm³/mol. The van der Waals surface area contributed by atoms with Gasteiger partial charge in [0.2, 0.25) is 5.91 Å². The second kappa shape index (κ2) is 48.4. The zero-order valence-corrected chi connectivity index (χ0v) is 47.9. The van der Waals surface area contributed by atoms with Gasteiger partial charge in [-0.15, -0.1) is 0 Å². The van der Waals surface area contributed by atoms with Crippen LogP contribution in [0.3, 0.4) is 0 Å². The molecular weight excluding hydrogens is 991 g/mol. The van der Waals surface area contributed by atoms with E-state index in [4.69, 9.17) is 18.9 Å². The third-order valence-electron chi connectivity index (χ3n) is 13.9. The molecule has 0 saturated carbocycles. The molecule has 12 unspecified atom stereocenters. The number of nitrogens with one attached hydrogen (secondary N) is 1. The van der Waals surface area contributed by atoms with Crippen LogP contribution < -0.4 is 5.32 Å². The molecule has 0 aromatic heterocycles. The van der Waals surface area contributed by atoms with Gasteiger partial charge in [-0.2, -0.15) is 0 Å². The lowest BCUT2D eigenvalue weighted by Crippen LogP contribution is -2.65. The van der Waals surface area contributed by atoms with E-state index in [1.807, 2.05) is 12.2 Å². The molecule has 0 aliphatic carbocycles. The van der Waals surface area contributed by atoms with Crippen LogP contribution in [0.4, 0.5) is 0 Å². The summed E-state index contributed by atoms with van der Waals surface area (Å²) < 4.78 is 22.7. The van der Waals surface area contributed by atoms with Gasteiger partial charge in [0.05, 0.1) is 32.0 Å². The van der Waals surface area contributed by atoms with Crippen LogP contribution in [0.25, 0.3) is 0 Å². The van der Waals surface area contributed by atoms with Gasteiger partial charge < -0.3 is 65.1 Å². The zero-order valence-electron chi connectivity index (χ0n) is 47.9. The van der Waals surface area contributed by atoms with Gasteiger partial charge in [-0.05, 0) is 83.5 Å². The topological polar surface area (TPSA) is 228 Å². The van der Waals surface area contributed by atoms with E-state index < -0.39 is 86.8 Å². The van der Waals surface area contributed by atoms with Crippen molar-refractivity contribution in [1.82, 2.24) is 5.32 Å². The van der Waals surface area contributed by atoms with Crippen LogP contribution >= 0.6 is 0 Å². The maximum Gasteiger partial charge on any atom is 0.220 e. The Labute approximate surface area is 470 Å². The van der Waals surface area contributed by atoms with Crippen molar-refractivity contribution in [2.24, 2.45) is 0 Å². The maximum atomic E-state index is 13.2. The summed E-state index contributed by atoms with van der Waals surface area (Å²) in [6, 6.07) is -0.971. The molecule has 0 aromatic rings. The standard InChI is InChI=1S/C64H107NO13/c1-3-5-7-9-11-13-15-17-19-21-23-25-26-28-30-32-34-36-38-40-42-44-46-48-56(69)65-52(53(68)47-45-43-41-39-37-35-33-31-29-27-24-22-20-18-16-14-12-10-8-6-4-2)51-75-63-61(74)59(72)62(55(50-67)77-63)78-64-60(73)58(71)57(70)54(49-66)76-64/h5,7,11,13,17,19,23,25,28,30,34,36-37,39-40,42,45,47,52-55,57-64,66-68,70-74H,3-4,6,8-10,12,14-16,18,20-22,24,26-27,29,31-33,35,38,41,43-44,46,48-51H2,1-2H3,(H,65,69)/b7-5-,13-11-,19-17-,25-23-,30-28-,36-34-,39-37+,42-40-,47-45+. The molecule has 0 aromatic carbocycles. The summed E-state index contributed by atoms with van der Waals surface area (Å²) in [6.07, 6.45) is 51.3. The summed E-state index contributed by atoms with van der Waals surface area (Å²) in [6.45, 7) is 2.62. The third-order valence-corrected chi connectivity index (χ3v) is 13.9. The Morgan fingerprint density at radius 1 is 0.474 bits per heavy atom. The summed E-state index contributed by atoms with van der Waals surface area (Å²) in [5.41, 5.74) is 0. The highest BCUT2D eigenvalue weighted by Crippen LogP contribution is 2.30. The molecule has 2 heterocycles. The average Bonchev–Trinajstić information content (AvgIpc) is 3.48. The fourth-order valence-corrected chi connectivity index (χ4v) is 9.12. The normalized spacial score (nSPS) is 25.4. The lowest BCUT2D eigenvalue weighted by Gasteiger charge is -2.46. The summed E-state index contributed by atoms with van der Waals surface area (Å²) in [7, 11) is 0. The first-order valence-electron chi connectivity index (χ1n) is 30.1. The van der Waals surface area contributed by atoms with Gasteiger partial charge in [0.1, 0.15) is 48.8 Å². The number of aliphatic hydroxyl groups excluding tert-OH is 8. The first kappa shape index (κ1) is 70.8. The molecule has 0 radical (unpaired) electrons. The number of unbranched alkanes of at least 4 members (excludes halogenated alkanes) is 17. The smallest absolute Gasteiger partial charge is 0.220 e. The van der Waals surface area contributed by atoms with E-state index in [1.165, 1.54) is 96.3 Å². The summed E-state index contributed by atoms with van der Waals surface area (Å²) in [4.78, 5) is 13.2. The van der Waals surface area contributed by atoms with Crippen molar-refractivity contribution in [2.45, 2.75) is 267 Å². The quantitative estimate of drug-likeness (QED) is 0.0204. The Kier molecular flexibility index (Phi) is 43.9. The molecule has 0 spiro atoms. The maximum absolute atomic E-state index is 13.2. The second-order valence-corrected chi connectivity index (χ2v) is 20.7. The number of hydrogen-bond donors (Lipinski definition) is 9. The number of aliphatic hydroxyl groups is 8. The van der Waals surface area contributed by atoms with E-state index in [9.17, 15) is 45.6 Å². The lowest BCUT2D eigenvalue weighted by atomic mass is 9.97. The fourth-order valence-electron chi connectivity index (χ4n) is 9.12. The number of hydrogen-bond acceptors (Lipinski definition) is 13. The van der Waals surface area contributed by atoms with Crippen molar-refractivity contribution >= 4 is 5.91 Å². The number of carbonyl (C=O) groups excluding carboxylic acids is 1. The number of allylic oxidation sites excluding steroid dienone is 17. The summed E-state index contributed by atoms with van der Waals surface area (Å²) >= 11 is 0. The highest BCUT2D eigenvalue weighted by molar-refractivity contribution is 5.76. The molecule has 12 atom stereocenters. The van der Waals surface area contributed by atoms with Crippen molar-refractivity contribution in [3.05, 3.63) is 109 Å². The molecule has 2 aliphatic rings. The van der Waals surface area contributed by atoms with Gasteiger partial charge in [0.15, 0.2) is 12.6 Å². The number of ether oxygens (including phenoxy) is 4. The van der Waals surface area contributed by atoms with Crippen LogP contribution in [0.5, 0.6) is 0 Å². The first-order valence-corrected chi connectivity index (χ1v) is 30.1. The Hall–Kier alpha value is -3.35. The van der Waals surface area contributed by atoms with E-state index in [0.29, 0.717) is 19.3 Å². The number of amides is 1.